The topological polar surface area (TPSA) is 63.4 Å². The van der Waals surface area contributed by atoms with Gasteiger partial charge in [-0.3, -0.25) is 0 Å². The molecule has 5 heteroatoms. The molecule has 0 saturated carbocycles. The minimum Gasteiger partial charge on any atom is -0.303 e. The van der Waals surface area contributed by atoms with Gasteiger partial charge >= 0.3 is 0 Å². The average Bonchev–Trinajstić information content (AvgIpc) is 2.55. The number of likely N-dealkylation sites (tertiary alicyclic amines) is 1. The molecule has 1 rings (SSSR count). The van der Waals surface area contributed by atoms with Crippen molar-refractivity contribution < 1.29 is 8.42 Å². The van der Waals surface area contributed by atoms with Crippen LogP contribution < -0.4 is 5.14 Å². The van der Waals surface area contributed by atoms with Crippen molar-refractivity contribution in [2.75, 3.05) is 19.6 Å². The van der Waals surface area contributed by atoms with Crippen LogP contribution in [-0.2, 0) is 10.0 Å². The molecular formula is C9H20N2O2S. The number of primary sulfonamides is 1. The number of sulfonamides is 1. The summed E-state index contributed by atoms with van der Waals surface area (Å²) in [5.41, 5.74) is 0. The van der Waals surface area contributed by atoms with Crippen molar-refractivity contribution in [2.24, 2.45) is 5.14 Å². The highest BCUT2D eigenvalue weighted by molar-refractivity contribution is 7.89. The Hall–Kier alpha value is -0.130. The lowest BCUT2D eigenvalue weighted by Gasteiger charge is -2.15. The van der Waals surface area contributed by atoms with Crippen LogP contribution in [0.5, 0.6) is 0 Å². The lowest BCUT2D eigenvalue weighted by Crippen LogP contribution is -2.27. The maximum atomic E-state index is 10.9. The monoisotopic (exact) mass is 220 g/mol. The highest BCUT2D eigenvalue weighted by Gasteiger charge is 2.16. The van der Waals surface area contributed by atoms with Gasteiger partial charge in [-0.1, -0.05) is 0 Å². The van der Waals surface area contributed by atoms with Gasteiger partial charge in [-0.15, -0.1) is 0 Å². The first-order valence-corrected chi connectivity index (χ1v) is 6.85. The van der Waals surface area contributed by atoms with E-state index < -0.39 is 15.3 Å². The molecule has 0 spiro atoms. The first kappa shape index (κ1) is 11.9. The summed E-state index contributed by atoms with van der Waals surface area (Å²) in [4.78, 5) is 2.38. The molecule has 4 nitrogen and oxygen atoms in total. The van der Waals surface area contributed by atoms with Crippen LogP contribution in [0.1, 0.15) is 32.6 Å². The van der Waals surface area contributed by atoms with Crippen molar-refractivity contribution in [2.45, 2.75) is 37.9 Å². The molecule has 1 heterocycles. The molecule has 1 aliphatic rings. The summed E-state index contributed by atoms with van der Waals surface area (Å²) in [6.45, 7) is 5.03. The largest absolute Gasteiger partial charge is 0.303 e. The van der Waals surface area contributed by atoms with Gasteiger partial charge in [-0.2, -0.15) is 0 Å². The van der Waals surface area contributed by atoms with Crippen LogP contribution >= 0.6 is 0 Å². The minimum atomic E-state index is -3.32. The van der Waals surface area contributed by atoms with Gasteiger partial charge in [-0.05, 0) is 52.2 Å². The highest BCUT2D eigenvalue weighted by atomic mass is 32.2. The van der Waals surface area contributed by atoms with Gasteiger partial charge < -0.3 is 4.90 Å². The Morgan fingerprint density at radius 3 is 2.43 bits per heavy atom. The molecule has 0 aromatic carbocycles. The van der Waals surface area contributed by atoms with E-state index in [0.29, 0.717) is 6.42 Å². The van der Waals surface area contributed by atoms with E-state index in [0.717, 1.165) is 13.0 Å². The summed E-state index contributed by atoms with van der Waals surface area (Å²) >= 11 is 0. The summed E-state index contributed by atoms with van der Waals surface area (Å²) < 4.78 is 21.8. The van der Waals surface area contributed by atoms with Gasteiger partial charge in [0.15, 0.2) is 0 Å². The number of nitrogens with two attached hydrogens (primary N) is 1. The van der Waals surface area contributed by atoms with Crippen molar-refractivity contribution in [3.05, 3.63) is 0 Å². The maximum Gasteiger partial charge on any atom is 0.211 e. The third kappa shape index (κ3) is 3.94. The minimum absolute atomic E-state index is 0.398. The van der Waals surface area contributed by atoms with Gasteiger partial charge in [0.25, 0.3) is 0 Å². The van der Waals surface area contributed by atoms with Crippen LogP contribution in [0.3, 0.4) is 0 Å². The molecule has 1 fully saturated rings. The predicted molar refractivity (Wildman–Crippen MR) is 57.5 cm³/mol. The second-order valence-corrected chi connectivity index (χ2v) is 6.07. The Morgan fingerprint density at radius 2 is 1.93 bits per heavy atom. The zero-order valence-electron chi connectivity index (χ0n) is 8.78. The Balaban J connectivity index is 2.14. The van der Waals surface area contributed by atoms with Crippen molar-refractivity contribution in [1.29, 1.82) is 0 Å². The highest BCUT2D eigenvalue weighted by Crippen LogP contribution is 2.10. The SMILES string of the molecule is C[C@@H](CCCN1CCCC1)S(N)(=O)=O. The smallest absolute Gasteiger partial charge is 0.211 e. The molecule has 0 aromatic heterocycles. The van der Waals surface area contributed by atoms with E-state index in [1.165, 1.54) is 25.9 Å². The van der Waals surface area contributed by atoms with Gasteiger partial charge in [-0.25, -0.2) is 13.6 Å². The second kappa shape index (κ2) is 5.09. The van der Waals surface area contributed by atoms with Crippen LogP contribution in [-0.4, -0.2) is 38.2 Å². The van der Waals surface area contributed by atoms with Crippen molar-refractivity contribution >= 4 is 10.0 Å². The lowest BCUT2D eigenvalue weighted by atomic mass is 10.2. The molecule has 0 unspecified atom stereocenters. The second-order valence-electron chi connectivity index (χ2n) is 4.09. The van der Waals surface area contributed by atoms with E-state index in [4.69, 9.17) is 5.14 Å². The maximum absolute atomic E-state index is 10.9. The third-order valence-electron chi connectivity index (χ3n) is 2.84. The standard InChI is InChI=1S/C9H20N2O2S/c1-9(14(10,12)13)5-4-8-11-6-2-3-7-11/h9H,2-8H2,1H3,(H2,10,12,13)/t9-/m0/s1. The van der Waals surface area contributed by atoms with E-state index in [9.17, 15) is 8.42 Å². The van der Waals surface area contributed by atoms with Crippen LogP contribution in [0.2, 0.25) is 0 Å². The zero-order valence-corrected chi connectivity index (χ0v) is 9.59. The van der Waals surface area contributed by atoms with Crippen LogP contribution in [0.25, 0.3) is 0 Å². The predicted octanol–water partition coefficient (Wildman–Crippen LogP) is 0.539. The van der Waals surface area contributed by atoms with E-state index in [1.807, 2.05) is 0 Å². The molecule has 1 saturated heterocycles. The molecular weight excluding hydrogens is 200 g/mol. The van der Waals surface area contributed by atoms with Gasteiger partial charge in [0.2, 0.25) is 10.0 Å². The third-order valence-corrected chi connectivity index (χ3v) is 4.20. The zero-order chi connectivity index (χ0) is 10.6. The number of rotatable bonds is 5. The molecule has 2 N–H and O–H groups in total. The molecule has 0 bridgehead atoms. The van der Waals surface area contributed by atoms with Crippen molar-refractivity contribution in [1.82, 2.24) is 4.90 Å². The van der Waals surface area contributed by atoms with Gasteiger partial charge in [0.1, 0.15) is 0 Å². The number of nitrogens with zero attached hydrogens (tertiary/aromatic N) is 1. The summed E-state index contributed by atoms with van der Waals surface area (Å²) in [5, 5.41) is 4.63. The molecule has 0 radical (unpaired) electrons. The summed E-state index contributed by atoms with van der Waals surface area (Å²) in [6.07, 6.45) is 4.17. The Kier molecular flexibility index (Phi) is 4.34. The van der Waals surface area contributed by atoms with Crippen LogP contribution in [0.4, 0.5) is 0 Å². The lowest BCUT2D eigenvalue weighted by molar-refractivity contribution is 0.329. The first-order valence-electron chi connectivity index (χ1n) is 5.24. The van der Waals surface area contributed by atoms with Crippen LogP contribution in [0.15, 0.2) is 0 Å². The Labute approximate surface area is 86.5 Å². The molecule has 0 amide bonds. The molecule has 0 aromatic rings. The fourth-order valence-electron chi connectivity index (χ4n) is 1.77. The first-order chi connectivity index (χ1) is 6.50. The normalized spacial score (nSPS) is 21.3. The molecule has 1 atom stereocenters. The fourth-order valence-corrected chi connectivity index (χ4v) is 2.27. The molecule has 14 heavy (non-hydrogen) atoms. The quantitative estimate of drug-likeness (QED) is 0.735. The van der Waals surface area contributed by atoms with E-state index >= 15 is 0 Å². The summed E-state index contributed by atoms with van der Waals surface area (Å²) in [6, 6.07) is 0. The van der Waals surface area contributed by atoms with Gasteiger partial charge in [0.05, 0.1) is 5.25 Å². The summed E-state index contributed by atoms with van der Waals surface area (Å²) in [7, 11) is -3.32. The molecule has 0 aliphatic carbocycles. The molecule has 1 aliphatic heterocycles. The Bertz CT molecular complexity index is 258. The summed E-state index contributed by atoms with van der Waals surface area (Å²) in [5.74, 6) is 0. The number of hydrogen-bond donors (Lipinski definition) is 1. The van der Waals surface area contributed by atoms with Crippen molar-refractivity contribution in [3.8, 4) is 0 Å². The van der Waals surface area contributed by atoms with E-state index in [2.05, 4.69) is 4.90 Å². The van der Waals surface area contributed by atoms with Gasteiger partial charge in [0, 0.05) is 0 Å². The Morgan fingerprint density at radius 1 is 1.36 bits per heavy atom. The van der Waals surface area contributed by atoms with Crippen molar-refractivity contribution in [3.63, 3.8) is 0 Å². The average molecular weight is 220 g/mol. The van der Waals surface area contributed by atoms with E-state index in [1.54, 1.807) is 6.92 Å². The van der Waals surface area contributed by atoms with Crippen LogP contribution in [0, 0.1) is 0 Å². The number of hydrogen-bond acceptors (Lipinski definition) is 3. The van der Waals surface area contributed by atoms with E-state index in [-0.39, 0.29) is 0 Å². The fraction of sp³-hybridized carbons (Fsp3) is 1.00. The molecule has 84 valence electrons.